The van der Waals surface area contributed by atoms with E-state index < -0.39 is 18.1 Å². The van der Waals surface area contributed by atoms with Crippen LogP contribution >= 0.6 is 0 Å². The van der Waals surface area contributed by atoms with Gasteiger partial charge in [0, 0.05) is 19.3 Å². The fourth-order valence-corrected chi connectivity index (χ4v) is 6.53. The van der Waals surface area contributed by atoms with Gasteiger partial charge in [0.1, 0.15) is 12.6 Å². The molecule has 2 atom stereocenters. The van der Waals surface area contributed by atoms with Crippen LogP contribution in [0.5, 0.6) is 0 Å². The summed E-state index contributed by atoms with van der Waals surface area (Å²) < 4.78 is 17.2. The summed E-state index contributed by atoms with van der Waals surface area (Å²) >= 11 is 0. The summed E-state index contributed by atoms with van der Waals surface area (Å²) in [7, 11) is 5.40. The number of nitrogens with zero attached hydrogens (tertiary/aromatic N) is 1. The molecule has 0 radical (unpaired) electrons. The van der Waals surface area contributed by atoms with E-state index in [1.165, 1.54) is 70.6 Å². The second-order valence-corrected chi connectivity index (χ2v) is 16.6. The van der Waals surface area contributed by atoms with Crippen LogP contribution in [0.4, 0.5) is 0 Å². The van der Waals surface area contributed by atoms with Crippen LogP contribution in [-0.4, -0.2) is 75.5 Å². The van der Waals surface area contributed by atoms with Gasteiger partial charge in [0.05, 0.1) is 40.3 Å². The molecule has 334 valence electrons. The van der Waals surface area contributed by atoms with E-state index in [4.69, 9.17) is 14.2 Å². The Kier molecular flexibility index (Phi) is 38.7. The Morgan fingerprint density at radius 1 is 0.534 bits per heavy atom. The van der Waals surface area contributed by atoms with Crippen molar-refractivity contribution in [1.82, 2.24) is 0 Å². The van der Waals surface area contributed by atoms with E-state index in [1.807, 2.05) is 0 Å². The van der Waals surface area contributed by atoms with Crippen molar-refractivity contribution in [3.8, 4) is 0 Å². The highest BCUT2D eigenvalue weighted by molar-refractivity contribution is 5.70. The normalized spacial score (nSPS) is 13.5. The number of carbonyl (C=O) groups is 3. The van der Waals surface area contributed by atoms with Gasteiger partial charge in [-0.25, -0.2) is 0 Å². The molecule has 0 aliphatic heterocycles. The molecule has 0 aromatic heterocycles. The van der Waals surface area contributed by atoms with E-state index in [0.717, 1.165) is 83.5 Å². The van der Waals surface area contributed by atoms with E-state index in [2.05, 4.69) is 74.6 Å². The number of carboxylic acids is 1. The molecule has 0 heterocycles. The monoisotopic (exact) mass is 814 g/mol. The average Bonchev–Trinajstić information content (AvgIpc) is 3.18. The van der Waals surface area contributed by atoms with Crippen molar-refractivity contribution >= 4 is 17.9 Å². The van der Waals surface area contributed by atoms with E-state index in [9.17, 15) is 19.5 Å². The number of aliphatic carboxylic acids is 1. The number of unbranched alkanes of at least 4 members (excludes halogenated alkanes) is 17. The molecular weight excluding hydrogens is 727 g/mol. The van der Waals surface area contributed by atoms with E-state index in [0.29, 0.717) is 12.8 Å². The number of hydrogen-bond donors (Lipinski definition) is 0. The molecule has 0 spiro atoms. The number of likely N-dealkylation sites (N-methyl/N-ethyl adjacent to an activating group) is 1. The molecule has 0 fully saturated rings. The lowest BCUT2D eigenvalue weighted by Crippen LogP contribution is -2.55. The minimum absolute atomic E-state index is 0.0295. The lowest BCUT2D eigenvalue weighted by atomic mass is 10.1. The molecule has 0 rings (SSSR count). The van der Waals surface area contributed by atoms with E-state index in [1.54, 1.807) is 21.1 Å². The standard InChI is InChI=1S/C50H87NO7/c1-6-8-10-12-14-16-18-20-22-23-24-25-26-27-29-30-32-34-36-38-40-48(52)57-45-46(44-56-43-42-47(50(54)55)51(3,4)5)58-49(53)41-39-37-35-33-31-28-21-19-17-15-13-11-9-7-2/h8,10,14,16,20,22,24-25,28,31,46-47H,6-7,9,11-13,15,17-19,21,23,26-27,29-30,32-45H2,1-5H3/b10-8+,16-14+,22-20+,25-24+,31-28+. The minimum atomic E-state index is -1.13. The van der Waals surface area contributed by atoms with Gasteiger partial charge >= 0.3 is 11.9 Å². The molecule has 8 heteroatoms. The summed E-state index contributed by atoms with van der Waals surface area (Å²) in [6, 6.07) is -0.731. The number of esters is 2. The van der Waals surface area contributed by atoms with Crippen LogP contribution in [-0.2, 0) is 28.6 Å². The summed E-state index contributed by atoms with van der Waals surface area (Å²) in [5.41, 5.74) is 0. The minimum Gasteiger partial charge on any atom is -0.544 e. The quantitative estimate of drug-likeness (QED) is 0.0262. The zero-order valence-electron chi connectivity index (χ0n) is 37.9. The second kappa shape index (κ2) is 40.8. The van der Waals surface area contributed by atoms with Gasteiger partial charge in [-0.2, -0.15) is 0 Å². The molecule has 0 aliphatic rings. The van der Waals surface area contributed by atoms with Crippen molar-refractivity contribution in [2.24, 2.45) is 0 Å². The van der Waals surface area contributed by atoms with Crippen molar-refractivity contribution in [3.63, 3.8) is 0 Å². The molecule has 0 saturated carbocycles. The van der Waals surface area contributed by atoms with E-state index in [-0.39, 0.29) is 42.7 Å². The van der Waals surface area contributed by atoms with Crippen LogP contribution in [0.2, 0.25) is 0 Å². The van der Waals surface area contributed by atoms with Gasteiger partial charge in [-0.05, 0) is 77.0 Å². The number of quaternary nitrogens is 1. The maximum Gasteiger partial charge on any atom is 0.306 e. The van der Waals surface area contributed by atoms with Crippen LogP contribution in [0.3, 0.4) is 0 Å². The fraction of sp³-hybridized carbons (Fsp3) is 0.740. The SMILES string of the molecule is CC/C=C/C/C=C/C/C=C/C/C=C/CCCCCCCCCC(=O)OCC(COCCC(C(=O)[O-])[N+](C)(C)C)OC(=O)CCCCC/C=C/CCCCCCCCC. The van der Waals surface area contributed by atoms with E-state index >= 15 is 0 Å². The number of hydrogen-bond acceptors (Lipinski definition) is 7. The smallest absolute Gasteiger partial charge is 0.306 e. The Hall–Kier alpha value is -2.97. The fourth-order valence-electron chi connectivity index (χ4n) is 6.53. The highest BCUT2D eigenvalue weighted by Gasteiger charge is 2.25. The van der Waals surface area contributed by atoms with Crippen molar-refractivity contribution in [2.75, 3.05) is 41.0 Å². The highest BCUT2D eigenvalue weighted by atomic mass is 16.6. The number of rotatable bonds is 41. The van der Waals surface area contributed by atoms with Crippen LogP contribution in [0.25, 0.3) is 0 Å². The third-order valence-electron chi connectivity index (χ3n) is 10.1. The lowest BCUT2D eigenvalue weighted by Gasteiger charge is -2.34. The summed E-state index contributed by atoms with van der Waals surface area (Å²) in [5, 5.41) is 11.6. The number of ether oxygens (including phenoxy) is 3. The molecule has 2 unspecified atom stereocenters. The Bertz CT molecular complexity index is 1130. The molecule has 58 heavy (non-hydrogen) atoms. The topological polar surface area (TPSA) is 102 Å². The Balaban J connectivity index is 4.33. The Labute approximate surface area is 356 Å². The first-order valence-electron chi connectivity index (χ1n) is 23.3. The largest absolute Gasteiger partial charge is 0.544 e. The summed E-state index contributed by atoms with van der Waals surface area (Å²) in [6.45, 7) is 4.52. The van der Waals surface area contributed by atoms with Gasteiger partial charge in [-0.1, -0.05) is 152 Å². The highest BCUT2D eigenvalue weighted by Crippen LogP contribution is 2.13. The Morgan fingerprint density at radius 2 is 0.966 bits per heavy atom. The lowest BCUT2D eigenvalue weighted by molar-refractivity contribution is -0.889. The number of carboxylic acid groups (broad SMARTS) is 1. The summed E-state index contributed by atoms with van der Waals surface area (Å²) in [4.78, 5) is 36.9. The zero-order chi connectivity index (χ0) is 42.8. The van der Waals surface area contributed by atoms with Gasteiger partial charge in [0.2, 0.25) is 0 Å². The van der Waals surface area contributed by atoms with Crippen LogP contribution < -0.4 is 5.11 Å². The second-order valence-electron chi connectivity index (χ2n) is 16.6. The third-order valence-corrected chi connectivity index (χ3v) is 10.1. The van der Waals surface area contributed by atoms with Crippen LogP contribution in [0.1, 0.15) is 187 Å². The predicted molar refractivity (Wildman–Crippen MR) is 240 cm³/mol. The third kappa shape index (κ3) is 38.5. The maximum absolute atomic E-state index is 12.7. The van der Waals surface area contributed by atoms with Crippen molar-refractivity contribution < 1.29 is 38.2 Å². The van der Waals surface area contributed by atoms with Gasteiger partial charge < -0.3 is 28.6 Å². The number of allylic oxidation sites excluding steroid dienone is 10. The van der Waals surface area contributed by atoms with Gasteiger partial charge in [0.25, 0.3) is 0 Å². The predicted octanol–water partition coefficient (Wildman–Crippen LogP) is 11.6. The maximum atomic E-state index is 12.7. The average molecular weight is 814 g/mol. The van der Waals surface area contributed by atoms with Gasteiger partial charge in [0.15, 0.2) is 6.10 Å². The first kappa shape index (κ1) is 55.0. The zero-order valence-corrected chi connectivity index (χ0v) is 37.9. The van der Waals surface area contributed by atoms with Gasteiger partial charge in [-0.15, -0.1) is 0 Å². The van der Waals surface area contributed by atoms with Crippen molar-refractivity contribution in [1.29, 1.82) is 0 Å². The molecule has 0 N–H and O–H groups in total. The van der Waals surface area contributed by atoms with Crippen LogP contribution in [0, 0.1) is 0 Å². The molecule has 0 aromatic rings. The Morgan fingerprint density at radius 3 is 1.47 bits per heavy atom. The molecule has 8 nitrogen and oxygen atoms in total. The molecular formula is C50H87NO7. The first-order chi connectivity index (χ1) is 28.1. The summed E-state index contributed by atoms with van der Waals surface area (Å²) in [6.07, 6.45) is 49.6. The molecule has 0 bridgehead atoms. The van der Waals surface area contributed by atoms with Crippen molar-refractivity contribution in [3.05, 3.63) is 60.8 Å². The molecule has 0 aromatic carbocycles. The molecule has 0 amide bonds. The summed E-state index contributed by atoms with van der Waals surface area (Å²) in [5.74, 6) is -1.77. The number of carbonyl (C=O) groups excluding carboxylic acids is 3. The van der Waals surface area contributed by atoms with Crippen LogP contribution in [0.15, 0.2) is 60.8 Å². The molecule has 0 saturated heterocycles. The van der Waals surface area contributed by atoms with Crippen molar-refractivity contribution in [2.45, 2.75) is 199 Å². The first-order valence-corrected chi connectivity index (χ1v) is 23.3. The van der Waals surface area contributed by atoms with Gasteiger partial charge in [-0.3, -0.25) is 9.59 Å². The molecule has 0 aliphatic carbocycles.